The lowest BCUT2D eigenvalue weighted by Gasteiger charge is -2.57. The zero-order valence-electron chi connectivity index (χ0n) is 13.3. The summed E-state index contributed by atoms with van der Waals surface area (Å²) in [4.78, 5) is 24.2. The van der Waals surface area contributed by atoms with E-state index in [1.807, 2.05) is 0 Å². The molecule has 4 rings (SSSR count). The maximum absolute atomic E-state index is 12.3. The lowest BCUT2D eigenvalue weighted by atomic mass is 9.46. The average molecular weight is 286 g/mol. The molecule has 0 spiro atoms. The van der Waals surface area contributed by atoms with Crippen molar-refractivity contribution in [2.75, 3.05) is 0 Å². The number of carbonyl (C=O) groups excluding carboxylic acids is 2. The van der Waals surface area contributed by atoms with Gasteiger partial charge in [0.1, 0.15) is 11.6 Å². The zero-order chi connectivity index (χ0) is 14.8. The van der Waals surface area contributed by atoms with Crippen molar-refractivity contribution in [3.63, 3.8) is 0 Å². The van der Waals surface area contributed by atoms with Crippen LogP contribution >= 0.6 is 0 Å². The molecule has 21 heavy (non-hydrogen) atoms. The Morgan fingerprint density at radius 2 is 1.90 bits per heavy atom. The summed E-state index contributed by atoms with van der Waals surface area (Å²) in [5, 5.41) is 0. The first kappa shape index (κ1) is 13.7. The highest BCUT2D eigenvalue weighted by molar-refractivity contribution is 5.92. The van der Waals surface area contributed by atoms with Gasteiger partial charge in [-0.1, -0.05) is 18.6 Å². The standard InChI is InChI=1S/C19H26O2/c1-18-9-7-13(20)11-12(18)3-4-14-15-5-6-17(21)19(15,2)10-8-16(14)18/h5,12,14,16H,3-4,6-11H2,1-2H3/t12?,14-,16-,18-,19-/m0/s1. The molecule has 1 unspecified atom stereocenters. The summed E-state index contributed by atoms with van der Waals surface area (Å²) in [6, 6.07) is 0. The summed E-state index contributed by atoms with van der Waals surface area (Å²) < 4.78 is 0. The molecule has 2 heteroatoms. The number of ketones is 2. The second-order valence-electron chi connectivity index (χ2n) is 8.39. The second kappa shape index (κ2) is 4.30. The van der Waals surface area contributed by atoms with Gasteiger partial charge in [-0.05, 0) is 62.2 Å². The maximum Gasteiger partial charge on any atom is 0.146 e. The minimum atomic E-state index is -0.144. The highest BCUT2D eigenvalue weighted by atomic mass is 16.1. The fourth-order valence-electron chi connectivity index (χ4n) is 6.19. The predicted molar refractivity (Wildman–Crippen MR) is 81.7 cm³/mol. The van der Waals surface area contributed by atoms with Gasteiger partial charge in [-0.15, -0.1) is 0 Å². The molecule has 3 saturated carbocycles. The molecule has 0 aliphatic heterocycles. The van der Waals surface area contributed by atoms with E-state index in [2.05, 4.69) is 19.9 Å². The third-order valence-corrected chi connectivity index (χ3v) is 7.62. The number of rotatable bonds is 0. The van der Waals surface area contributed by atoms with Gasteiger partial charge in [0.25, 0.3) is 0 Å². The molecule has 0 saturated heterocycles. The van der Waals surface area contributed by atoms with Crippen LogP contribution in [0.15, 0.2) is 11.6 Å². The molecule has 114 valence electrons. The van der Waals surface area contributed by atoms with E-state index in [4.69, 9.17) is 0 Å². The van der Waals surface area contributed by atoms with E-state index in [1.165, 1.54) is 24.8 Å². The summed E-state index contributed by atoms with van der Waals surface area (Å²) in [7, 11) is 0. The summed E-state index contributed by atoms with van der Waals surface area (Å²) in [5.74, 6) is 2.84. The number of allylic oxidation sites excluding steroid dienone is 2. The summed E-state index contributed by atoms with van der Waals surface area (Å²) in [5.41, 5.74) is 1.67. The van der Waals surface area contributed by atoms with Gasteiger partial charge in [0, 0.05) is 24.7 Å². The molecule has 0 amide bonds. The Morgan fingerprint density at radius 1 is 1.10 bits per heavy atom. The SMILES string of the molecule is C[C@]12CC[C@H]3[C@@H](CCC4CC(=O)CC[C@@]43C)C1=CCC2=O. The molecule has 4 aliphatic rings. The quantitative estimate of drug-likeness (QED) is 0.629. The first-order chi connectivity index (χ1) is 9.95. The molecule has 4 aliphatic carbocycles. The molecule has 5 atom stereocenters. The van der Waals surface area contributed by atoms with E-state index in [9.17, 15) is 9.59 Å². The predicted octanol–water partition coefficient (Wildman–Crippen LogP) is 4.09. The van der Waals surface area contributed by atoms with Gasteiger partial charge >= 0.3 is 0 Å². The van der Waals surface area contributed by atoms with Crippen molar-refractivity contribution in [2.24, 2.45) is 28.6 Å². The van der Waals surface area contributed by atoms with Crippen LogP contribution in [0.1, 0.15) is 65.2 Å². The van der Waals surface area contributed by atoms with E-state index in [0.29, 0.717) is 41.2 Å². The lowest BCUT2D eigenvalue weighted by Crippen LogP contribution is -2.51. The number of Topliss-reactive ketones (excluding diaryl/α,β-unsaturated/α-hetero) is 2. The fraction of sp³-hybridized carbons (Fsp3) is 0.789. The fourth-order valence-corrected chi connectivity index (χ4v) is 6.19. The Labute approximate surface area is 127 Å². The summed E-state index contributed by atoms with van der Waals surface area (Å²) >= 11 is 0. The first-order valence-corrected chi connectivity index (χ1v) is 8.71. The molecule has 0 aromatic heterocycles. The van der Waals surface area contributed by atoms with Crippen LogP contribution in [-0.2, 0) is 9.59 Å². The maximum atomic E-state index is 12.3. The molecule has 0 radical (unpaired) electrons. The molecule has 0 heterocycles. The Kier molecular flexibility index (Phi) is 2.81. The van der Waals surface area contributed by atoms with Crippen molar-refractivity contribution >= 4 is 11.6 Å². The number of fused-ring (bicyclic) bond motifs is 5. The first-order valence-electron chi connectivity index (χ1n) is 8.71. The van der Waals surface area contributed by atoms with Crippen LogP contribution in [0.4, 0.5) is 0 Å². The number of hydrogen-bond acceptors (Lipinski definition) is 2. The third kappa shape index (κ3) is 1.71. The molecule has 2 nitrogen and oxygen atoms in total. The lowest BCUT2D eigenvalue weighted by molar-refractivity contribution is -0.133. The smallest absolute Gasteiger partial charge is 0.146 e. The second-order valence-corrected chi connectivity index (χ2v) is 8.39. The molecular weight excluding hydrogens is 260 g/mol. The van der Waals surface area contributed by atoms with Crippen LogP contribution in [0.2, 0.25) is 0 Å². The highest BCUT2D eigenvalue weighted by Gasteiger charge is 2.57. The topological polar surface area (TPSA) is 34.1 Å². The summed E-state index contributed by atoms with van der Waals surface area (Å²) in [6.45, 7) is 4.63. The van der Waals surface area contributed by atoms with Crippen LogP contribution in [0.25, 0.3) is 0 Å². The van der Waals surface area contributed by atoms with E-state index in [0.717, 1.165) is 25.7 Å². The number of carbonyl (C=O) groups is 2. The monoisotopic (exact) mass is 286 g/mol. The zero-order valence-corrected chi connectivity index (χ0v) is 13.3. The van der Waals surface area contributed by atoms with Crippen LogP contribution in [0.3, 0.4) is 0 Å². The average Bonchev–Trinajstić information content (AvgIpc) is 2.76. The molecule has 3 fully saturated rings. The van der Waals surface area contributed by atoms with Crippen molar-refractivity contribution in [3.05, 3.63) is 11.6 Å². The molecule has 0 aromatic rings. The Morgan fingerprint density at radius 3 is 2.71 bits per heavy atom. The van der Waals surface area contributed by atoms with Crippen LogP contribution in [0.5, 0.6) is 0 Å². The highest BCUT2D eigenvalue weighted by Crippen LogP contribution is 2.63. The normalized spacial score (nSPS) is 49.2. The van der Waals surface area contributed by atoms with Crippen molar-refractivity contribution in [1.29, 1.82) is 0 Å². The van der Waals surface area contributed by atoms with Gasteiger partial charge in [0.15, 0.2) is 0 Å². The van der Waals surface area contributed by atoms with Crippen LogP contribution < -0.4 is 0 Å². The van der Waals surface area contributed by atoms with Crippen molar-refractivity contribution in [3.8, 4) is 0 Å². The molecule has 0 N–H and O–H groups in total. The van der Waals surface area contributed by atoms with E-state index < -0.39 is 0 Å². The summed E-state index contributed by atoms with van der Waals surface area (Å²) in [6.07, 6.45) is 10.2. The van der Waals surface area contributed by atoms with Gasteiger partial charge in [0.2, 0.25) is 0 Å². The van der Waals surface area contributed by atoms with Gasteiger partial charge < -0.3 is 0 Å². The molecule has 0 aromatic carbocycles. The Bertz CT molecular complexity index is 546. The van der Waals surface area contributed by atoms with E-state index in [-0.39, 0.29) is 5.41 Å². The third-order valence-electron chi connectivity index (χ3n) is 7.62. The van der Waals surface area contributed by atoms with Gasteiger partial charge in [0.05, 0.1) is 0 Å². The minimum absolute atomic E-state index is 0.144. The Balaban J connectivity index is 1.68. The molecule has 0 bridgehead atoms. The van der Waals surface area contributed by atoms with E-state index >= 15 is 0 Å². The van der Waals surface area contributed by atoms with Crippen molar-refractivity contribution in [1.82, 2.24) is 0 Å². The Hall–Kier alpha value is -0.920. The minimum Gasteiger partial charge on any atom is -0.300 e. The largest absolute Gasteiger partial charge is 0.300 e. The van der Waals surface area contributed by atoms with Crippen molar-refractivity contribution in [2.45, 2.75) is 65.2 Å². The van der Waals surface area contributed by atoms with Crippen LogP contribution in [-0.4, -0.2) is 11.6 Å². The van der Waals surface area contributed by atoms with Gasteiger partial charge in [-0.25, -0.2) is 0 Å². The van der Waals surface area contributed by atoms with Crippen LogP contribution in [0, 0.1) is 28.6 Å². The number of hydrogen-bond donors (Lipinski definition) is 0. The molecular formula is C19H26O2. The van der Waals surface area contributed by atoms with E-state index in [1.54, 1.807) is 0 Å². The van der Waals surface area contributed by atoms with Gasteiger partial charge in [-0.3, -0.25) is 9.59 Å². The van der Waals surface area contributed by atoms with Gasteiger partial charge in [-0.2, -0.15) is 0 Å². The van der Waals surface area contributed by atoms with Crippen molar-refractivity contribution < 1.29 is 9.59 Å².